The number of fused-ring (bicyclic) bond motifs is 1. The van der Waals surface area contributed by atoms with Gasteiger partial charge in [-0.2, -0.15) is 14.7 Å². The lowest BCUT2D eigenvalue weighted by molar-refractivity contribution is -0.274. The smallest absolute Gasteiger partial charge is 0.406 e. The van der Waals surface area contributed by atoms with Crippen LogP contribution in [0.4, 0.5) is 13.2 Å². The number of aryl methyl sites for hydroxylation is 2. The summed E-state index contributed by atoms with van der Waals surface area (Å²) in [4.78, 5) is 0.643. The molecule has 0 N–H and O–H groups in total. The van der Waals surface area contributed by atoms with Crippen LogP contribution in [0, 0.1) is 13.8 Å². The monoisotopic (exact) mass is 408 g/mol. The molecule has 1 aromatic carbocycles. The summed E-state index contributed by atoms with van der Waals surface area (Å²) in [6, 6.07) is 5.67. The average molecular weight is 408 g/mol. The zero-order valence-electron chi connectivity index (χ0n) is 15.2. The van der Waals surface area contributed by atoms with E-state index >= 15 is 0 Å². The number of hydrogen-bond acceptors (Lipinski definition) is 6. The Bertz CT molecular complexity index is 1140. The summed E-state index contributed by atoms with van der Waals surface area (Å²) >= 11 is 1.41. The summed E-state index contributed by atoms with van der Waals surface area (Å²) in [7, 11) is 1.88. The maximum atomic E-state index is 12.3. The molecule has 0 unspecified atom stereocenters. The molecule has 28 heavy (non-hydrogen) atoms. The van der Waals surface area contributed by atoms with E-state index in [1.54, 1.807) is 21.3 Å². The van der Waals surface area contributed by atoms with Crippen molar-refractivity contribution in [2.24, 2.45) is 7.05 Å². The third-order valence-corrected chi connectivity index (χ3v) is 5.21. The lowest BCUT2D eigenvalue weighted by Crippen LogP contribution is -2.17. The summed E-state index contributed by atoms with van der Waals surface area (Å²) in [6.45, 7) is 3.90. The van der Waals surface area contributed by atoms with E-state index < -0.39 is 6.36 Å². The Kier molecular flexibility index (Phi) is 4.33. The molecule has 0 aliphatic rings. The van der Waals surface area contributed by atoms with Gasteiger partial charge in [0.05, 0.1) is 11.3 Å². The molecule has 7 nitrogen and oxygen atoms in total. The van der Waals surface area contributed by atoms with Crippen molar-refractivity contribution in [3.8, 4) is 16.3 Å². The predicted molar refractivity (Wildman–Crippen MR) is 96.3 cm³/mol. The molecule has 0 amide bonds. The van der Waals surface area contributed by atoms with Gasteiger partial charge in [-0.05, 0) is 31.5 Å². The van der Waals surface area contributed by atoms with Crippen LogP contribution in [0.2, 0.25) is 0 Å². The highest BCUT2D eigenvalue weighted by atomic mass is 32.1. The maximum absolute atomic E-state index is 12.3. The molecule has 0 spiro atoms. The van der Waals surface area contributed by atoms with Crippen LogP contribution in [0.3, 0.4) is 0 Å². The topological polar surface area (TPSA) is 70.1 Å². The van der Waals surface area contributed by atoms with E-state index in [0.717, 1.165) is 27.5 Å². The second-order valence-electron chi connectivity index (χ2n) is 6.26. The fourth-order valence-electron chi connectivity index (χ4n) is 2.94. The van der Waals surface area contributed by atoms with Crippen LogP contribution < -0.4 is 4.74 Å². The van der Waals surface area contributed by atoms with Gasteiger partial charge in [0.1, 0.15) is 5.75 Å². The fraction of sp³-hybridized carbons (Fsp3) is 0.294. The van der Waals surface area contributed by atoms with Gasteiger partial charge >= 0.3 is 6.36 Å². The van der Waals surface area contributed by atoms with Gasteiger partial charge in [-0.25, -0.2) is 0 Å². The Hall–Kier alpha value is -2.95. The van der Waals surface area contributed by atoms with Gasteiger partial charge in [0.2, 0.25) is 4.96 Å². The van der Waals surface area contributed by atoms with E-state index in [-0.39, 0.29) is 5.75 Å². The Morgan fingerprint density at radius 1 is 1.07 bits per heavy atom. The summed E-state index contributed by atoms with van der Waals surface area (Å²) in [6.07, 6.45) is -4.33. The highest BCUT2D eigenvalue weighted by molar-refractivity contribution is 7.19. The summed E-state index contributed by atoms with van der Waals surface area (Å²) in [5.74, 6) is 0.335. The molecule has 0 saturated heterocycles. The van der Waals surface area contributed by atoms with E-state index in [9.17, 15) is 13.2 Å². The van der Waals surface area contributed by atoms with Crippen LogP contribution in [-0.4, -0.2) is 36.0 Å². The van der Waals surface area contributed by atoms with Crippen molar-refractivity contribution in [2.45, 2.75) is 26.6 Å². The van der Waals surface area contributed by atoms with E-state index in [2.05, 4.69) is 25.1 Å². The normalized spacial score (nSPS) is 12.1. The number of hydrogen-bond donors (Lipinski definition) is 0. The molecule has 4 rings (SSSR count). The Morgan fingerprint density at radius 3 is 2.39 bits per heavy atom. The maximum Gasteiger partial charge on any atom is 0.573 e. The zero-order valence-corrected chi connectivity index (χ0v) is 16.0. The molecular formula is C17H15F3N6OS. The first-order valence-corrected chi connectivity index (χ1v) is 9.09. The molecule has 3 aromatic heterocycles. The predicted octanol–water partition coefficient (Wildman–Crippen LogP) is 3.69. The number of rotatable bonds is 4. The molecule has 3 heterocycles. The number of alkyl halides is 3. The molecule has 0 aliphatic heterocycles. The number of nitrogens with zero attached hydrogens (tertiary/aromatic N) is 6. The molecule has 0 radical (unpaired) electrons. The van der Waals surface area contributed by atoms with Crippen molar-refractivity contribution in [3.63, 3.8) is 0 Å². The molecule has 0 aliphatic carbocycles. The van der Waals surface area contributed by atoms with Crippen molar-refractivity contribution in [2.75, 3.05) is 0 Å². The van der Waals surface area contributed by atoms with Crippen molar-refractivity contribution in [3.05, 3.63) is 47.0 Å². The molecule has 4 aromatic rings. The Morgan fingerprint density at radius 2 is 1.79 bits per heavy atom. The molecule has 0 fully saturated rings. The van der Waals surface area contributed by atoms with Crippen LogP contribution in [0.25, 0.3) is 15.5 Å². The average Bonchev–Trinajstić information content (AvgIpc) is 3.23. The third-order valence-electron chi connectivity index (χ3n) is 4.30. The van der Waals surface area contributed by atoms with Crippen LogP contribution in [0.15, 0.2) is 24.3 Å². The molecule has 0 saturated carbocycles. The van der Waals surface area contributed by atoms with E-state index in [1.807, 2.05) is 20.9 Å². The van der Waals surface area contributed by atoms with Gasteiger partial charge in [-0.1, -0.05) is 23.5 Å². The van der Waals surface area contributed by atoms with E-state index in [4.69, 9.17) is 0 Å². The van der Waals surface area contributed by atoms with Gasteiger partial charge in [0, 0.05) is 19.2 Å². The minimum Gasteiger partial charge on any atom is -0.406 e. The third kappa shape index (κ3) is 3.44. The molecule has 146 valence electrons. The van der Waals surface area contributed by atoms with Crippen LogP contribution in [-0.2, 0) is 13.5 Å². The largest absolute Gasteiger partial charge is 0.573 e. The van der Waals surface area contributed by atoms with E-state index in [1.165, 1.54) is 23.5 Å². The van der Waals surface area contributed by atoms with E-state index in [0.29, 0.717) is 17.2 Å². The summed E-state index contributed by atoms with van der Waals surface area (Å²) in [5, 5.41) is 18.1. The Balaban J connectivity index is 1.61. The standard InChI is InChI=1S/C17H15F3N6OS/c1-9-14(10(2)25(3)23-9)15-24-26-13(21-22-16(26)28-15)8-11-4-6-12(7-5-11)27-17(18,19)20/h4-7H,8H2,1-3H3. The minimum atomic E-state index is -4.71. The Labute approximate surface area is 161 Å². The van der Waals surface area contributed by atoms with Crippen molar-refractivity contribution in [1.82, 2.24) is 29.6 Å². The highest BCUT2D eigenvalue weighted by Crippen LogP contribution is 2.31. The van der Waals surface area contributed by atoms with Gasteiger partial charge in [0.25, 0.3) is 0 Å². The molecular weight excluding hydrogens is 393 g/mol. The van der Waals surface area contributed by atoms with Gasteiger partial charge < -0.3 is 4.74 Å². The summed E-state index contributed by atoms with van der Waals surface area (Å²) in [5.41, 5.74) is 3.63. The molecule has 0 bridgehead atoms. The lowest BCUT2D eigenvalue weighted by atomic mass is 10.1. The number of ether oxygens (including phenoxy) is 1. The number of benzene rings is 1. The molecule has 11 heteroatoms. The number of aromatic nitrogens is 6. The second-order valence-corrected chi connectivity index (χ2v) is 7.21. The first kappa shape index (κ1) is 18.4. The fourth-order valence-corrected chi connectivity index (χ4v) is 3.95. The molecule has 0 atom stereocenters. The summed E-state index contributed by atoms with van der Waals surface area (Å²) < 4.78 is 44.1. The second kappa shape index (κ2) is 6.59. The van der Waals surface area contributed by atoms with Crippen LogP contribution >= 0.6 is 11.3 Å². The van der Waals surface area contributed by atoms with Gasteiger partial charge in [-0.15, -0.1) is 23.4 Å². The zero-order chi connectivity index (χ0) is 20.1. The van der Waals surface area contributed by atoms with Crippen LogP contribution in [0.5, 0.6) is 5.75 Å². The van der Waals surface area contributed by atoms with Crippen molar-refractivity contribution < 1.29 is 17.9 Å². The first-order valence-electron chi connectivity index (χ1n) is 8.27. The van der Waals surface area contributed by atoms with Gasteiger partial charge in [0.15, 0.2) is 10.8 Å². The van der Waals surface area contributed by atoms with Crippen molar-refractivity contribution >= 4 is 16.3 Å². The minimum absolute atomic E-state index is 0.263. The van der Waals surface area contributed by atoms with Crippen molar-refractivity contribution in [1.29, 1.82) is 0 Å². The van der Waals surface area contributed by atoms with Gasteiger partial charge in [-0.3, -0.25) is 4.68 Å². The lowest BCUT2D eigenvalue weighted by Gasteiger charge is -2.08. The van der Waals surface area contributed by atoms with Crippen LogP contribution in [0.1, 0.15) is 22.8 Å². The SMILES string of the molecule is Cc1nn(C)c(C)c1-c1nn2c(Cc3ccc(OC(F)(F)F)cc3)nnc2s1. The first-order chi connectivity index (χ1) is 13.2. The quantitative estimate of drug-likeness (QED) is 0.515. The number of halogens is 3. The highest BCUT2D eigenvalue weighted by Gasteiger charge is 2.31.